The molecular formula is C28H41ClN2O6. The molecule has 0 spiro atoms. The number of nitrogens with zero attached hydrogens (tertiary/aromatic N) is 2. The minimum atomic E-state index is -0.679. The molecule has 0 bridgehead atoms. The summed E-state index contributed by atoms with van der Waals surface area (Å²) in [6.45, 7) is 6.48. The number of carbonyl (C=O) groups is 1. The predicted octanol–water partition coefficient (Wildman–Crippen LogP) is 5.06. The average molecular weight is 537 g/mol. The summed E-state index contributed by atoms with van der Waals surface area (Å²) in [7, 11) is 8.54. The van der Waals surface area contributed by atoms with E-state index >= 15 is 0 Å². The van der Waals surface area contributed by atoms with Crippen LogP contribution in [0.25, 0.3) is 0 Å². The first-order valence-electron chi connectivity index (χ1n) is 12.5. The molecule has 0 aliphatic carbocycles. The Labute approximate surface area is 227 Å². The van der Waals surface area contributed by atoms with Crippen LogP contribution in [-0.2, 0) is 6.42 Å². The first kappa shape index (κ1) is 30.4. The number of fused-ring (bicyclic) bond motifs is 1. The molecule has 0 unspecified atom stereocenters. The van der Waals surface area contributed by atoms with E-state index in [0.29, 0.717) is 42.2 Å². The summed E-state index contributed by atoms with van der Waals surface area (Å²) >= 11 is 0. The maximum Gasteiger partial charge on any atom is 0.260 e. The van der Waals surface area contributed by atoms with Gasteiger partial charge in [-0.2, -0.15) is 0 Å². The average Bonchev–Trinajstić information content (AvgIpc) is 2.91. The predicted molar refractivity (Wildman–Crippen MR) is 147 cm³/mol. The third-order valence-electron chi connectivity index (χ3n) is 7.01. The standard InChI is InChI=1S/C28H40N2O6.ClH/c1-8-28(9-2)30(27(31)21-18-25(34-6)26(35-7)19-23(21)36-28)15-10-14-29(3)16-13-20-11-12-22(32-4)24(17-20)33-5;/h11-12,17-19H,8-10,13-16H2,1-7H3;1H. The molecule has 0 saturated heterocycles. The highest BCUT2D eigenvalue weighted by Crippen LogP contribution is 2.43. The molecule has 0 radical (unpaired) electrons. The quantitative estimate of drug-likeness (QED) is 0.354. The second-order valence-corrected chi connectivity index (χ2v) is 9.01. The lowest BCUT2D eigenvalue weighted by Crippen LogP contribution is -2.58. The van der Waals surface area contributed by atoms with Crippen LogP contribution in [0.15, 0.2) is 30.3 Å². The van der Waals surface area contributed by atoms with Crippen LogP contribution in [0.3, 0.4) is 0 Å². The molecule has 2 aromatic carbocycles. The van der Waals surface area contributed by atoms with Crippen molar-refractivity contribution in [1.29, 1.82) is 0 Å². The maximum absolute atomic E-state index is 13.6. The van der Waals surface area contributed by atoms with Crippen LogP contribution < -0.4 is 23.7 Å². The zero-order valence-corrected chi connectivity index (χ0v) is 23.9. The van der Waals surface area contributed by atoms with Crippen LogP contribution in [-0.4, -0.2) is 76.6 Å². The first-order valence-corrected chi connectivity index (χ1v) is 12.5. The summed E-state index contributed by atoms with van der Waals surface area (Å²) in [5.74, 6) is 3.05. The van der Waals surface area contributed by atoms with Crippen molar-refractivity contribution in [1.82, 2.24) is 9.80 Å². The Balaban J connectivity index is 0.00000481. The van der Waals surface area contributed by atoms with Gasteiger partial charge in [0.15, 0.2) is 28.7 Å². The molecule has 8 nitrogen and oxygen atoms in total. The van der Waals surface area contributed by atoms with Gasteiger partial charge >= 0.3 is 0 Å². The lowest BCUT2D eigenvalue weighted by atomic mass is 9.98. The molecule has 0 N–H and O–H groups in total. The number of halogens is 1. The molecule has 3 rings (SSSR count). The van der Waals surface area contributed by atoms with Gasteiger partial charge in [-0.3, -0.25) is 4.79 Å². The summed E-state index contributed by atoms with van der Waals surface area (Å²) in [6.07, 6.45) is 3.11. The zero-order chi connectivity index (χ0) is 26.3. The number of benzene rings is 2. The summed E-state index contributed by atoms with van der Waals surface area (Å²) < 4.78 is 28.1. The topological polar surface area (TPSA) is 69.7 Å². The Morgan fingerprint density at radius 2 is 1.46 bits per heavy atom. The monoisotopic (exact) mass is 536 g/mol. The Morgan fingerprint density at radius 1 is 0.865 bits per heavy atom. The van der Waals surface area contributed by atoms with Crippen LogP contribution in [0.2, 0.25) is 0 Å². The van der Waals surface area contributed by atoms with Crippen LogP contribution in [0.5, 0.6) is 28.7 Å². The smallest absolute Gasteiger partial charge is 0.260 e. The number of hydrogen-bond donors (Lipinski definition) is 0. The van der Waals surface area contributed by atoms with Crippen molar-refractivity contribution in [2.45, 2.75) is 45.3 Å². The first-order chi connectivity index (χ1) is 17.4. The van der Waals surface area contributed by atoms with E-state index in [0.717, 1.165) is 37.4 Å². The normalized spacial score (nSPS) is 13.9. The van der Waals surface area contributed by atoms with Crippen molar-refractivity contribution >= 4 is 18.3 Å². The van der Waals surface area contributed by atoms with E-state index in [1.165, 1.54) is 5.56 Å². The van der Waals surface area contributed by atoms with Gasteiger partial charge < -0.3 is 33.5 Å². The van der Waals surface area contributed by atoms with E-state index in [1.807, 2.05) is 17.0 Å². The lowest BCUT2D eigenvalue weighted by molar-refractivity contribution is -0.0822. The zero-order valence-electron chi connectivity index (χ0n) is 23.1. The third kappa shape index (κ3) is 6.54. The number of amides is 1. The Morgan fingerprint density at radius 3 is 2.05 bits per heavy atom. The Bertz CT molecular complexity index is 1040. The van der Waals surface area contributed by atoms with Crippen LogP contribution >= 0.6 is 12.4 Å². The van der Waals surface area contributed by atoms with Crippen molar-refractivity contribution in [2.75, 3.05) is 55.1 Å². The van der Waals surface area contributed by atoms with Gasteiger partial charge in [0, 0.05) is 38.1 Å². The second kappa shape index (κ2) is 13.6. The molecule has 0 aromatic heterocycles. The molecule has 1 amide bonds. The molecule has 2 aromatic rings. The van der Waals surface area contributed by atoms with Crippen molar-refractivity contribution in [3.63, 3.8) is 0 Å². The number of methoxy groups -OCH3 is 4. The molecule has 1 heterocycles. The van der Waals surface area contributed by atoms with E-state index in [4.69, 9.17) is 23.7 Å². The van der Waals surface area contributed by atoms with Crippen LogP contribution in [0.1, 0.15) is 49.0 Å². The fraction of sp³-hybridized carbons (Fsp3) is 0.536. The number of likely N-dealkylation sites (N-methyl/N-ethyl adjacent to an activating group) is 1. The highest BCUT2D eigenvalue weighted by molar-refractivity contribution is 5.99. The number of rotatable bonds is 13. The lowest BCUT2D eigenvalue weighted by Gasteiger charge is -2.46. The summed E-state index contributed by atoms with van der Waals surface area (Å²) in [5.41, 5.74) is 1.02. The number of carbonyl (C=O) groups excluding carboxylic acids is 1. The largest absolute Gasteiger partial charge is 0.493 e. The molecule has 1 aliphatic heterocycles. The van der Waals surface area contributed by atoms with Gasteiger partial charge in [0.05, 0.1) is 34.0 Å². The molecule has 0 atom stereocenters. The van der Waals surface area contributed by atoms with Crippen molar-refractivity contribution < 1.29 is 28.5 Å². The molecule has 37 heavy (non-hydrogen) atoms. The van der Waals surface area contributed by atoms with Gasteiger partial charge in [-0.15, -0.1) is 12.4 Å². The van der Waals surface area contributed by atoms with Gasteiger partial charge in [0.2, 0.25) is 0 Å². The van der Waals surface area contributed by atoms with Gasteiger partial charge in [0.1, 0.15) is 5.75 Å². The SMILES string of the molecule is CCC1(CC)Oc2cc(OC)c(OC)cc2C(=O)N1CCCN(C)CCc1ccc(OC)c(OC)c1.Cl. The minimum absolute atomic E-state index is 0. The van der Waals surface area contributed by atoms with Gasteiger partial charge in [-0.25, -0.2) is 0 Å². The molecule has 0 fully saturated rings. The van der Waals surface area contributed by atoms with E-state index in [9.17, 15) is 4.79 Å². The summed E-state index contributed by atoms with van der Waals surface area (Å²) in [4.78, 5) is 17.8. The highest BCUT2D eigenvalue weighted by atomic mass is 35.5. The number of hydrogen-bond acceptors (Lipinski definition) is 7. The van der Waals surface area contributed by atoms with E-state index in [-0.39, 0.29) is 18.3 Å². The number of ether oxygens (including phenoxy) is 5. The molecule has 206 valence electrons. The highest BCUT2D eigenvalue weighted by Gasteiger charge is 2.44. The van der Waals surface area contributed by atoms with Crippen molar-refractivity contribution in [3.8, 4) is 28.7 Å². The fourth-order valence-electron chi connectivity index (χ4n) is 4.75. The van der Waals surface area contributed by atoms with Gasteiger partial charge in [0.25, 0.3) is 5.91 Å². The van der Waals surface area contributed by atoms with Crippen molar-refractivity contribution in [2.24, 2.45) is 0 Å². The molecular weight excluding hydrogens is 496 g/mol. The van der Waals surface area contributed by atoms with Crippen LogP contribution in [0.4, 0.5) is 0 Å². The fourth-order valence-corrected chi connectivity index (χ4v) is 4.75. The van der Waals surface area contributed by atoms with Gasteiger partial charge in [-0.05, 0) is 44.1 Å². The van der Waals surface area contributed by atoms with E-state index < -0.39 is 5.72 Å². The minimum Gasteiger partial charge on any atom is -0.493 e. The second-order valence-electron chi connectivity index (χ2n) is 9.01. The summed E-state index contributed by atoms with van der Waals surface area (Å²) in [5, 5.41) is 0. The van der Waals surface area contributed by atoms with E-state index in [2.05, 4.69) is 31.9 Å². The van der Waals surface area contributed by atoms with Gasteiger partial charge in [-0.1, -0.05) is 19.9 Å². The van der Waals surface area contributed by atoms with Crippen LogP contribution in [0, 0.1) is 0 Å². The maximum atomic E-state index is 13.6. The Kier molecular flexibility index (Phi) is 11.2. The molecule has 1 aliphatic rings. The molecule has 9 heteroatoms. The summed E-state index contributed by atoms with van der Waals surface area (Å²) in [6, 6.07) is 9.50. The third-order valence-corrected chi connectivity index (χ3v) is 7.01. The van der Waals surface area contributed by atoms with Crippen molar-refractivity contribution in [3.05, 3.63) is 41.5 Å². The molecule has 0 saturated carbocycles. The Hall–Kier alpha value is -2.84. The van der Waals surface area contributed by atoms with E-state index in [1.54, 1.807) is 40.6 Å².